The summed E-state index contributed by atoms with van der Waals surface area (Å²) in [4.78, 5) is 25.9. The van der Waals surface area contributed by atoms with E-state index in [0.717, 1.165) is 38.8 Å². The van der Waals surface area contributed by atoms with Crippen molar-refractivity contribution in [3.63, 3.8) is 0 Å². The summed E-state index contributed by atoms with van der Waals surface area (Å²) in [5.74, 6) is 0.272. The van der Waals surface area contributed by atoms with Gasteiger partial charge in [-0.1, -0.05) is 32.0 Å². The Morgan fingerprint density at radius 3 is 2.75 bits per heavy atom. The van der Waals surface area contributed by atoms with Gasteiger partial charge in [0.25, 0.3) is 0 Å². The molecule has 3 N–H and O–H groups in total. The highest BCUT2D eigenvalue weighted by atomic mass is 32.1. The monoisotopic (exact) mass is 492 g/mol. The van der Waals surface area contributed by atoms with Crippen LogP contribution in [0.25, 0.3) is 54.9 Å². The van der Waals surface area contributed by atoms with Crippen molar-refractivity contribution in [2.45, 2.75) is 20.3 Å². The number of benzene rings is 1. The van der Waals surface area contributed by atoms with Crippen molar-refractivity contribution in [2.24, 2.45) is 5.92 Å². The summed E-state index contributed by atoms with van der Waals surface area (Å²) >= 11 is 1.73. The number of fused-ring (bicyclic) bond motifs is 2. The van der Waals surface area contributed by atoms with Crippen LogP contribution in [0.2, 0.25) is 0 Å². The van der Waals surface area contributed by atoms with Crippen LogP contribution in [0.5, 0.6) is 0 Å². The molecule has 36 heavy (non-hydrogen) atoms. The molecule has 0 saturated carbocycles. The van der Waals surface area contributed by atoms with Gasteiger partial charge in [-0.3, -0.25) is 14.9 Å². The number of hydrogen-bond donors (Lipinski definition) is 3. The number of nitrogens with zero attached hydrogens (tertiary/aromatic N) is 3. The normalized spacial score (nSPS) is 11.5. The van der Waals surface area contributed by atoms with Crippen molar-refractivity contribution in [2.75, 3.05) is 5.32 Å². The summed E-state index contributed by atoms with van der Waals surface area (Å²) in [5, 5.41) is 14.7. The summed E-state index contributed by atoms with van der Waals surface area (Å²) in [6.45, 7) is 4.04. The highest BCUT2D eigenvalue weighted by Crippen LogP contribution is 2.36. The van der Waals surface area contributed by atoms with Crippen LogP contribution >= 0.6 is 11.3 Å². The van der Waals surface area contributed by atoms with Crippen LogP contribution in [0.1, 0.15) is 20.3 Å². The number of carbonyl (C=O) groups is 1. The standard InChI is InChI=1S/C28H24N6OS/c1-16(2)9-26(35)31-19-10-17(13-29-15-19)18-11-22-27(33-34-28(22)30-14-18)24-12-21-20(25-7-4-8-36-25)5-3-6-23(21)32-24/h3-8,10-16,32H,9H2,1-2H3,(H,31,35)(H,30,33,34). The Bertz CT molecular complexity index is 1700. The summed E-state index contributed by atoms with van der Waals surface area (Å²) in [5.41, 5.74) is 7.17. The maximum Gasteiger partial charge on any atom is 0.224 e. The summed E-state index contributed by atoms with van der Waals surface area (Å²) in [7, 11) is 0. The van der Waals surface area contributed by atoms with Gasteiger partial charge >= 0.3 is 0 Å². The number of aromatic amines is 2. The predicted octanol–water partition coefficient (Wildman–Crippen LogP) is 6.88. The average molecular weight is 493 g/mol. The van der Waals surface area contributed by atoms with Gasteiger partial charge in [-0.2, -0.15) is 5.10 Å². The number of carbonyl (C=O) groups excluding carboxylic acids is 1. The number of nitrogens with one attached hydrogen (secondary N) is 3. The van der Waals surface area contributed by atoms with Gasteiger partial charge in [-0.25, -0.2) is 4.98 Å². The number of hydrogen-bond acceptors (Lipinski definition) is 5. The van der Waals surface area contributed by atoms with E-state index in [9.17, 15) is 4.79 Å². The Balaban J connectivity index is 1.38. The molecule has 0 aliphatic heterocycles. The van der Waals surface area contributed by atoms with Crippen molar-refractivity contribution in [3.05, 3.63) is 72.5 Å². The Morgan fingerprint density at radius 2 is 1.92 bits per heavy atom. The van der Waals surface area contributed by atoms with Gasteiger partial charge < -0.3 is 10.3 Å². The quantitative estimate of drug-likeness (QED) is 0.236. The number of anilines is 1. The van der Waals surface area contributed by atoms with Gasteiger partial charge in [-0.05, 0) is 41.6 Å². The minimum atomic E-state index is -0.0182. The van der Waals surface area contributed by atoms with E-state index in [1.165, 1.54) is 10.4 Å². The number of aromatic nitrogens is 5. The molecule has 6 aromatic rings. The van der Waals surface area contributed by atoms with Crippen molar-refractivity contribution in [1.82, 2.24) is 25.1 Å². The molecule has 1 amide bonds. The molecule has 178 valence electrons. The molecule has 0 radical (unpaired) electrons. The largest absolute Gasteiger partial charge is 0.353 e. The first-order chi connectivity index (χ1) is 17.5. The van der Waals surface area contributed by atoms with Crippen molar-refractivity contribution in [1.29, 1.82) is 0 Å². The van der Waals surface area contributed by atoms with E-state index in [-0.39, 0.29) is 5.91 Å². The second-order valence-electron chi connectivity index (χ2n) is 9.23. The van der Waals surface area contributed by atoms with Crippen LogP contribution in [0.15, 0.2) is 72.5 Å². The first kappa shape index (κ1) is 22.2. The number of rotatable bonds is 6. The smallest absolute Gasteiger partial charge is 0.224 e. The molecule has 8 heteroatoms. The minimum absolute atomic E-state index is 0.0182. The second-order valence-corrected chi connectivity index (χ2v) is 10.2. The van der Waals surface area contributed by atoms with E-state index in [2.05, 4.69) is 78.3 Å². The van der Waals surface area contributed by atoms with Crippen LogP contribution in [0.3, 0.4) is 0 Å². The maximum absolute atomic E-state index is 12.2. The highest BCUT2D eigenvalue weighted by molar-refractivity contribution is 7.13. The van der Waals surface area contributed by atoms with Crippen LogP contribution < -0.4 is 5.32 Å². The third-order valence-electron chi connectivity index (χ3n) is 6.08. The van der Waals surface area contributed by atoms with Gasteiger partial charge in [0.1, 0.15) is 0 Å². The molecule has 1 aromatic carbocycles. The van der Waals surface area contributed by atoms with E-state index < -0.39 is 0 Å². The molecule has 5 heterocycles. The lowest BCUT2D eigenvalue weighted by Crippen LogP contribution is -2.13. The lowest BCUT2D eigenvalue weighted by Gasteiger charge is -2.08. The molecule has 0 saturated heterocycles. The number of thiophene rings is 1. The van der Waals surface area contributed by atoms with Gasteiger partial charge in [-0.15, -0.1) is 11.3 Å². The second kappa shape index (κ2) is 9.05. The molecule has 0 spiro atoms. The Morgan fingerprint density at radius 1 is 1.03 bits per heavy atom. The lowest BCUT2D eigenvalue weighted by atomic mass is 10.1. The molecule has 7 nitrogen and oxygen atoms in total. The van der Waals surface area contributed by atoms with E-state index in [1.54, 1.807) is 29.9 Å². The first-order valence-electron chi connectivity index (χ1n) is 11.8. The third kappa shape index (κ3) is 4.16. The zero-order chi connectivity index (χ0) is 24.6. The summed E-state index contributed by atoms with van der Waals surface area (Å²) < 4.78 is 0. The van der Waals surface area contributed by atoms with E-state index in [0.29, 0.717) is 23.7 Å². The molecule has 0 aliphatic carbocycles. The summed E-state index contributed by atoms with van der Waals surface area (Å²) in [6, 6.07) is 16.7. The van der Waals surface area contributed by atoms with Gasteiger partial charge in [0.05, 0.1) is 23.3 Å². The first-order valence-corrected chi connectivity index (χ1v) is 12.7. The zero-order valence-electron chi connectivity index (χ0n) is 19.9. The average Bonchev–Trinajstić information content (AvgIpc) is 3.62. The van der Waals surface area contributed by atoms with Gasteiger partial charge in [0, 0.05) is 56.7 Å². The number of H-pyrrole nitrogens is 2. The summed E-state index contributed by atoms with van der Waals surface area (Å²) in [6.07, 6.45) is 5.68. The number of amides is 1. The molecular weight excluding hydrogens is 468 g/mol. The van der Waals surface area contributed by atoms with Crippen LogP contribution in [-0.4, -0.2) is 31.1 Å². The fraction of sp³-hybridized carbons (Fsp3) is 0.143. The minimum Gasteiger partial charge on any atom is -0.353 e. The maximum atomic E-state index is 12.2. The fourth-order valence-electron chi connectivity index (χ4n) is 4.45. The van der Waals surface area contributed by atoms with Crippen molar-refractivity contribution in [3.8, 4) is 33.0 Å². The third-order valence-corrected chi connectivity index (χ3v) is 6.98. The molecule has 6 rings (SSSR count). The highest BCUT2D eigenvalue weighted by Gasteiger charge is 2.15. The zero-order valence-corrected chi connectivity index (χ0v) is 20.7. The van der Waals surface area contributed by atoms with E-state index >= 15 is 0 Å². The topological polar surface area (TPSA) is 99.3 Å². The predicted molar refractivity (Wildman–Crippen MR) is 146 cm³/mol. The van der Waals surface area contributed by atoms with Gasteiger partial charge in [0.2, 0.25) is 5.91 Å². The Kier molecular flexibility index (Phi) is 5.58. The van der Waals surface area contributed by atoms with E-state index in [1.807, 2.05) is 19.9 Å². The van der Waals surface area contributed by atoms with Crippen LogP contribution in [-0.2, 0) is 4.79 Å². The number of pyridine rings is 2. The SMILES string of the molecule is CC(C)CC(=O)Nc1cncc(-c2cnc3n[nH]c(-c4cc5c(-c6cccs6)cccc5[nH]4)c3c2)c1. The fourth-order valence-corrected chi connectivity index (χ4v) is 5.21. The molecule has 0 bridgehead atoms. The molecule has 0 atom stereocenters. The Hall–Kier alpha value is -4.30. The van der Waals surface area contributed by atoms with Crippen LogP contribution in [0.4, 0.5) is 5.69 Å². The lowest BCUT2D eigenvalue weighted by molar-refractivity contribution is -0.116. The van der Waals surface area contributed by atoms with Crippen LogP contribution in [0, 0.1) is 5.92 Å². The van der Waals surface area contributed by atoms with Gasteiger partial charge in [0.15, 0.2) is 5.65 Å². The molecule has 0 unspecified atom stereocenters. The van der Waals surface area contributed by atoms with E-state index in [4.69, 9.17) is 0 Å². The molecular formula is C28H24N6OS. The molecule has 0 fully saturated rings. The van der Waals surface area contributed by atoms with Crippen molar-refractivity contribution >= 4 is 44.9 Å². The van der Waals surface area contributed by atoms with Crippen molar-refractivity contribution < 1.29 is 4.79 Å². The molecule has 0 aliphatic rings. The molecule has 5 aromatic heterocycles. The Labute approximate surface area is 211 Å².